The summed E-state index contributed by atoms with van der Waals surface area (Å²) < 4.78 is 56.8. The highest BCUT2D eigenvalue weighted by Gasteiger charge is 2.33. The fourth-order valence-corrected chi connectivity index (χ4v) is 1.93. The Morgan fingerprint density at radius 3 is 2.54 bits per heavy atom. The first-order valence-corrected chi connectivity index (χ1v) is 7.79. The zero-order valence-corrected chi connectivity index (χ0v) is 13.5. The van der Waals surface area contributed by atoms with E-state index in [1.54, 1.807) is 0 Å². The maximum Gasteiger partial charge on any atom is 0.416 e. The lowest BCUT2D eigenvalue weighted by Crippen LogP contribution is -2.36. The monoisotopic (exact) mass is 350 g/mol. The molecule has 8 heteroatoms. The van der Waals surface area contributed by atoms with Gasteiger partial charge >= 0.3 is 12.2 Å². The van der Waals surface area contributed by atoms with Gasteiger partial charge in [-0.2, -0.15) is 13.2 Å². The zero-order valence-electron chi connectivity index (χ0n) is 13.5. The van der Waals surface area contributed by atoms with Crippen molar-refractivity contribution in [2.45, 2.75) is 38.9 Å². The molecule has 0 aromatic heterocycles. The van der Waals surface area contributed by atoms with Crippen LogP contribution in [0, 0.1) is 5.82 Å². The summed E-state index contributed by atoms with van der Waals surface area (Å²) in [7, 11) is 0. The second kappa shape index (κ2) is 10.1. The second-order valence-electron chi connectivity index (χ2n) is 5.23. The lowest BCUT2D eigenvalue weighted by Gasteiger charge is -2.14. The molecule has 0 aliphatic carbocycles. The van der Waals surface area contributed by atoms with Crippen molar-refractivity contribution in [2.75, 3.05) is 19.8 Å². The highest BCUT2D eigenvalue weighted by atomic mass is 19.4. The van der Waals surface area contributed by atoms with Crippen LogP contribution in [0.4, 0.5) is 22.4 Å². The average Bonchev–Trinajstić information content (AvgIpc) is 2.52. The summed E-state index contributed by atoms with van der Waals surface area (Å²) in [5.41, 5.74) is -1.28. The Kier molecular flexibility index (Phi) is 8.53. The quantitative estimate of drug-likeness (QED) is 0.525. The van der Waals surface area contributed by atoms with E-state index < -0.39 is 23.6 Å². The molecule has 4 nitrogen and oxygen atoms in total. The van der Waals surface area contributed by atoms with E-state index in [2.05, 4.69) is 17.6 Å². The maximum atomic E-state index is 13.0. The van der Waals surface area contributed by atoms with Crippen molar-refractivity contribution in [2.24, 2.45) is 0 Å². The molecule has 1 aromatic carbocycles. The molecule has 24 heavy (non-hydrogen) atoms. The predicted octanol–water partition coefficient (Wildman–Crippen LogP) is 3.85. The summed E-state index contributed by atoms with van der Waals surface area (Å²) in [6.07, 6.45) is -2.04. The minimum atomic E-state index is -4.68. The molecule has 0 heterocycles. The molecule has 0 aliphatic rings. The van der Waals surface area contributed by atoms with Gasteiger partial charge in [0.2, 0.25) is 0 Å². The van der Waals surface area contributed by atoms with Crippen LogP contribution in [0.5, 0.6) is 0 Å². The molecule has 0 unspecified atom stereocenters. The van der Waals surface area contributed by atoms with Crippen LogP contribution in [0.15, 0.2) is 18.2 Å². The van der Waals surface area contributed by atoms with Crippen LogP contribution in [0.2, 0.25) is 0 Å². The number of urea groups is 1. The van der Waals surface area contributed by atoms with E-state index >= 15 is 0 Å². The van der Waals surface area contributed by atoms with Crippen molar-refractivity contribution >= 4 is 6.03 Å². The lowest BCUT2D eigenvalue weighted by atomic mass is 10.1. The number of carbonyl (C=O) groups excluding carboxylic acids is 1. The number of nitrogens with one attached hydrogen (secondary N) is 2. The molecule has 1 rings (SSSR count). The number of hydrogen-bond acceptors (Lipinski definition) is 2. The Hall–Kier alpha value is -1.83. The SMILES string of the molecule is CCCCOCCCNC(=O)NCc1ccc(F)cc1C(F)(F)F. The first-order valence-electron chi connectivity index (χ1n) is 7.79. The van der Waals surface area contributed by atoms with Crippen LogP contribution in [0.3, 0.4) is 0 Å². The van der Waals surface area contributed by atoms with Crippen molar-refractivity contribution in [3.05, 3.63) is 35.1 Å². The topological polar surface area (TPSA) is 50.4 Å². The average molecular weight is 350 g/mol. The van der Waals surface area contributed by atoms with Gasteiger partial charge < -0.3 is 15.4 Å². The van der Waals surface area contributed by atoms with Crippen molar-refractivity contribution in [1.29, 1.82) is 0 Å². The third kappa shape index (κ3) is 7.63. The lowest BCUT2D eigenvalue weighted by molar-refractivity contribution is -0.138. The van der Waals surface area contributed by atoms with Crippen LogP contribution >= 0.6 is 0 Å². The highest BCUT2D eigenvalue weighted by Crippen LogP contribution is 2.32. The number of carbonyl (C=O) groups is 1. The highest BCUT2D eigenvalue weighted by molar-refractivity contribution is 5.73. The summed E-state index contributed by atoms with van der Waals surface area (Å²) in [4.78, 5) is 11.6. The molecule has 0 radical (unpaired) electrons. The molecule has 0 bridgehead atoms. The summed E-state index contributed by atoms with van der Waals surface area (Å²) in [6.45, 7) is 3.26. The fourth-order valence-electron chi connectivity index (χ4n) is 1.93. The molecule has 136 valence electrons. The Balaban J connectivity index is 2.35. The van der Waals surface area contributed by atoms with Crippen LogP contribution in [-0.2, 0) is 17.5 Å². The fraction of sp³-hybridized carbons (Fsp3) is 0.562. The van der Waals surface area contributed by atoms with E-state index in [1.165, 1.54) is 0 Å². The van der Waals surface area contributed by atoms with Crippen LogP contribution in [-0.4, -0.2) is 25.8 Å². The third-order valence-electron chi connectivity index (χ3n) is 3.21. The molecule has 0 spiro atoms. The van der Waals surface area contributed by atoms with Crippen LogP contribution in [0.25, 0.3) is 0 Å². The number of benzene rings is 1. The smallest absolute Gasteiger partial charge is 0.381 e. The van der Waals surface area contributed by atoms with Gasteiger partial charge in [0.25, 0.3) is 0 Å². The number of rotatable bonds is 9. The molecular weight excluding hydrogens is 328 g/mol. The standard InChI is InChI=1S/C16H22F4N2O2/c1-2-3-8-24-9-4-7-21-15(23)22-11-12-5-6-13(17)10-14(12)16(18,19)20/h5-6,10H,2-4,7-9,11H2,1H3,(H2,21,22,23). The van der Waals surface area contributed by atoms with Crippen LogP contribution < -0.4 is 10.6 Å². The summed E-state index contributed by atoms with van der Waals surface area (Å²) >= 11 is 0. The van der Waals surface area contributed by atoms with Gasteiger partial charge in [0, 0.05) is 26.3 Å². The maximum absolute atomic E-state index is 13.0. The van der Waals surface area contributed by atoms with Gasteiger partial charge in [0.05, 0.1) is 5.56 Å². The minimum absolute atomic E-state index is 0.193. The number of unbranched alkanes of at least 4 members (excludes halogenated alkanes) is 1. The van der Waals surface area contributed by atoms with E-state index in [4.69, 9.17) is 4.74 Å². The Labute approximate surface area is 138 Å². The van der Waals surface area contributed by atoms with E-state index in [1.807, 2.05) is 0 Å². The van der Waals surface area contributed by atoms with Gasteiger partial charge in [-0.3, -0.25) is 0 Å². The molecule has 0 saturated heterocycles. The first-order chi connectivity index (χ1) is 11.3. The molecular formula is C16H22F4N2O2. The number of amides is 2. The molecule has 0 atom stereocenters. The summed E-state index contributed by atoms with van der Waals surface area (Å²) in [6, 6.07) is 1.78. The Morgan fingerprint density at radius 1 is 1.17 bits per heavy atom. The van der Waals surface area contributed by atoms with E-state index in [0.717, 1.165) is 25.0 Å². The van der Waals surface area contributed by atoms with E-state index in [-0.39, 0.29) is 12.1 Å². The van der Waals surface area contributed by atoms with Gasteiger partial charge in [0.15, 0.2) is 0 Å². The van der Waals surface area contributed by atoms with Gasteiger partial charge in [0.1, 0.15) is 5.82 Å². The molecule has 2 N–H and O–H groups in total. The molecule has 1 aromatic rings. The Bertz CT molecular complexity index is 521. The molecule has 0 aliphatic heterocycles. The van der Waals surface area contributed by atoms with Gasteiger partial charge in [-0.25, -0.2) is 9.18 Å². The minimum Gasteiger partial charge on any atom is -0.381 e. The summed E-state index contributed by atoms with van der Waals surface area (Å²) in [5, 5.41) is 4.86. The van der Waals surface area contributed by atoms with Crippen LogP contribution in [0.1, 0.15) is 37.3 Å². The number of alkyl halides is 3. The van der Waals surface area contributed by atoms with Gasteiger partial charge in [-0.05, 0) is 30.5 Å². The van der Waals surface area contributed by atoms with Crippen molar-refractivity contribution < 1.29 is 27.1 Å². The number of ether oxygens (including phenoxy) is 1. The van der Waals surface area contributed by atoms with E-state index in [0.29, 0.717) is 32.2 Å². The summed E-state index contributed by atoms with van der Waals surface area (Å²) in [5.74, 6) is -0.974. The van der Waals surface area contributed by atoms with Crippen molar-refractivity contribution in [1.82, 2.24) is 10.6 Å². The van der Waals surface area contributed by atoms with Gasteiger partial charge in [-0.1, -0.05) is 19.4 Å². The molecule has 0 saturated carbocycles. The third-order valence-corrected chi connectivity index (χ3v) is 3.21. The normalized spacial score (nSPS) is 11.4. The number of hydrogen-bond donors (Lipinski definition) is 2. The number of halogens is 4. The van der Waals surface area contributed by atoms with Crippen molar-refractivity contribution in [3.63, 3.8) is 0 Å². The zero-order chi connectivity index (χ0) is 18.0. The first kappa shape index (κ1) is 20.2. The van der Waals surface area contributed by atoms with Crippen molar-refractivity contribution in [3.8, 4) is 0 Å². The second-order valence-corrected chi connectivity index (χ2v) is 5.23. The Morgan fingerprint density at radius 2 is 1.88 bits per heavy atom. The van der Waals surface area contributed by atoms with Gasteiger partial charge in [-0.15, -0.1) is 0 Å². The largest absolute Gasteiger partial charge is 0.416 e. The van der Waals surface area contributed by atoms with E-state index in [9.17, 15) is 22.4 Å². The predicted molar refractivity (Wildman–Crippen MR) is 82.0 cm³/mol. The molecule has 2 amide bonds. The molecule has 0 fully saturated rings.